The lowest BCUT2D eigenvalue weighted by Crippen LogP contribution is -2.56. The first-order valence-corrected chi connectivity index (χ1v) is 9.65. The summed E-state index contributed by atoms with van der Waals surface area (Å²) in [6, 6.07) is 2.40. The molecule has 0 radical (unpaired) electrons. The molecule has 5 rings (SSSR count). The first-order valence-electron chi connectivity index (χ1n) is 9.14. The minimum absolute atomic E-state index is 0.0771. The van der Waals surface area contributed by atoms with Crippen LogP contribution in [0, 0.1) is 0 Å². The zero-order valence-corrected chi connectivity index (χ0v) is 16.1. The molecule has 2 unspecified atom stereocenters. The van der Waals surface area contributed by atoms with Crippen LogP contribution in [0.5, 0.6) is 5.75 Å². The number of fused-ring (bicyclic) bond motifs is 4. The molecule has 27 heavy (non-hydrogen) atoms. The van der Waals surface area contributed by atoms with Crippen LogP contribution in [0.4, 0.5) is 5.82 Å². The van der Waals surface area contributed by atoms with Crippen molar-refractivity contribution in [2.75, 3.05) is 24.7 Å². The lowest BCUT2D eigenvalue weighted by molar-refractivity contribution is 0.0484. The summed E-state index contributed by atoms with van der Waals surface area (Å²) in [5.74, 6) is 2.21. The summed E-state index contributed by atoms with van der Waals surface area (Å²) >= 11 is 4.65. The van der Waals surface area contributed by atoms with Gasteiger partial charge in [0.15, 0.2) is 17.4 Å². The Morgan fingerprint density at radius 1 is 1.26 bits per heavy atom. The number of ether oxygens (including phenoxy) is 2. The second-order valence-corrected chi connectivity index (χ2v) is 7.92. The summed E-state index contributed by atoms with van der Waals surface area (Å²) in [7, 11) is 0. The molecule has 2 aliphatic heterocycles. The number of nitrogens with one attached hydrogen (secondary N) is 1. The average molecular weight is 383 g/mol. The van der Waals surface area contributed by atoms with Gasteiger partial charge in [-0.05, 0) is 19.9 Å². The largest absolute Gasteiger partial charge is 0.486 e. The molecule has 3 atom stereocenters. The lowest BCUT2D eigenvalue weighted by Gasteiger charge is -2.44. The van der Waals surface area contributed by atoms with Crippen LogP contribution >= 0.6 is 12.6 Å². The third-order valence-electron chi connectivity index (χ3n) is 5.19. The summed E-state index contributed by atoms with van der Waals surface area (Å²) in [5, 5.41) is 0.970. The number of aromatic nitrogens is 4. The molecule has 1 fully saturated rings. The maximum Gasteiger partial charge on any atom is 0.184 e. The van der Waals surface area contributed by atoms with Gasteiger partial charge in [0.25, 0.3) is 0 Å². The molecule has 5 heterocycles. The fraction of sp³-hybridized carbons (Fsp3) is 0.421. The van der Waals surface area contributed by atoms with E-state index in [1.807, 2.05) is 31.6 Å². The maximum atomic E-state index is 6.08. The highest BCUT2D eigenvalue weighted by molar-refractivity contribution is 7.80. The van der Waals surface area contributed by atoms with E-state index in [2.05, 4.69) is 34.4 Å². The van der Waals surface area contributed by atoms with E-state index < -0.39 is 0 Å². The van der Waals surface area contributed by atoms with Crippen LogP contribution in [-0.4, -0.2) is 51.8 Å². The van der Waals surface area contributed by atoms with Gasteiger partial charge in [0, 0.05) is 28.6 Å². The Labute approximate surface area is 162 Å². The highest BCUT2D eigenvalue weighted by Gasteiger charge is 2.38. The number of thiol groups is 1. The maximum absolute atomic E-state index is 6.08. The van der Waals surface area contributed by atoms with E-state index in [9.17, 15) is 0 Å². The molecule has 0 aliphatic carbocycles. The van der Waals surface area contributed by atoms with E-state index in [0.717, 1.165) is 33.7 Å². The predicted molar refractivity (Wildman–Crippen MR) is 107 cm³/mol. The molecule has 0 bridgehead atoms. The Balaban J connectivity index is 1.74. The van der Waals surface area contributed by atoms with Crippen LogP contribution in [0.25, 0.3) is 22.3 Å². The molecule has 8 heteroatoms. The third-order valence-corrected chi connectivity index (χ3v) is 5.43. The molecular weight excluding hydrogens is 362 g/mol. The highest BCUT2D eigenvalue weighted by Crippen LogP contribution is 2.42. The van der Waals surface area contributed by atoms with E-state index in [4.69, 9.17) is 19.4 Å². The zero-order valence-electron chi connectivity index (χ0n) is 15.2. The number of pyridine rings is 1. The van der Waals surface area contributed by atoms with E-state index in [0.29, 0.717) is 25.6 Å². The van der Waals surface area contributed by atoms with E-state index in [1.54, 1.807) is 0 Å². The molecule has 0 aromatic carbocycles. The number of hydrogen-bond acceptors (Lipinski definition) is 7. The van der Waals surface area contributed by atoms with Gasteiger partial charge in [-0.15, -0.1) is 0 Å². The normalized spacial score (nSPS) is 22.9. The third kappa shape index (κ3) is 2.66. The summed E-state index contributed by atoms with van der Waals surface area (Å²) in [4.78, 5) is 19.6. The molecule has 1 saturated heterocycles. The zero-order chi connectivity index (χ0) is 18.5. The van der Waals surface area contributed by atoms with Gasteiger partial charge in [0.2, 0.25) is 0 Å². The van der Waals surface area contributed by atoms with Crippen LogP contribution in [0.3, 0.4) is 0 Å². The Kier molecular flexibility index (Phi) is 3.98. The molecular formula is C19H21N5O2S. The van der Waals surface area contributed by atoms with Gasteiger partial charge in [-0.2, -0.15) is 12.6 Å². The molecule has 0 saturated carbocycles. The van der Waals surface area contributed by atoms with Gasteiger partial charge in [-0.25, -0.2) is 9.97 Å². The molecule has 140 valence electrons. The van der Waals surface area contributed by atoms with Crippen molar-refractivity contribution in [1.29, 1.82) is 0 Å². The Hall–Kier alpha value is -2.32. The summed E-state index contributed by atoms with van der Waals surface area (Å²) in [6.45, 7) is 6.05. The Morgan fingerprint density at radius 3 is 3.00 bits per heavy atom. The molecule has 3 aromatic rings. The van der Waals surface area contributed by atoms with Crippen molar-refractivity contribution in [2.24, 2.45) is 0 Å². The van der Waals surface area contributed by atoms with Gasteiger partial charge in [-0.1, -0.05) is 0 Å². The molecule has 0 spiro atoms. The monoisotopic (exact) mass is 383 g/mol. The van der Waals surface area contributed by atoms with E-state index >= 15 is 0 Å². The van der Waals surface area contributed by atoms with Crippen molar-refractivity contribution in [2.45, 2.75) is 31.2 Å². The van der Waals surface area contributed by atoms with Crippen LogP contribution in [-0.2, 0) is 4.74 Å². The summed E-state index contributed by atoms with van der Waals surface area (Å²) in [6.07, 6.45) is 5.52. The lowest BCUT2D eigenvalue weighted by atomic mass is 10.1. The van der Waals surface area contributed by atoms with E-state index in [-0.39, 0.29) is 17.3 Å². The number of morpholine rings is 1. The van der Waals surface area contributed by atoms with Crippen molar-refractivity contribution in [3.8, 4) is 17.1 Å². The van der Waals surface area contributed by atoms with Crippen LogP contribution in [0.15, 0.2) is 24.7 Å². The van der Waals surface area contributed by atoms with Gasteiger partial charge < -0.3 is 19.4 Å². The van der Waals surface area contributed by atoms with Crippen molar-refractivity contribution >= 4 is 29.3 Å². The Morgan fingerprint density at radius 2 is 2.15 bits per heavy atom. The Bertz CT molecular complexity index is 1000. The van der Waals surface area contributed by atoms with Crippen LogP contribution in [0.1, 0.15) is 24.8 Å². The molecule has 0 amide bonds. The summed E-state index contributed by atoms with van der Waals surface area (Å²) < 4.78 is 11.8. The van der Waals surface area contributed by atoms with Gasteiger partial charge in [-0.3, -0.25) is 4.98 Å². The average Bonchev–Trinajstić information content (AvgIpc) is 3.15. The second-order valence-electron chi connectivity index (χ2n) is 7.15. The molecule has 3 aromatic heterocycles. The first-order chi connectivity index (χ1) is 13.1. The second kappa shape index (κ2) is 6.38. The van der Waals surface area contributed by atoms with Gasteiger partial charge >= 0.3 is 0 Å². The number of anilines is 1. The van der Waals surface area contributed by atoms with Crippen LogP contribution < -0.4 is 9.64 Å². The van der Waals surface area contributed by atoms with Crippen molar-refractivity contribution in [1.82, 2.24) is 19.9 Å². The number of hydrogen-bond donors (Lipinski definition) is 2. The van der Waals surface area contributed by atoms with Gasteiger partial charge in [0.1, 0.15) is 12.3 Å². The highest BCUT2D eigenvalue weighted by atomic mass is 32.1. The number of rotatable bonds is 2. The molecule has 1 N–H and O–H groups in total. The minimum Gasteiger partial charge on any atom is -0.486 e. The predicted octanol–water partition coefficient (Wildman–Crippen LogP) is 3.00. The van der Waals surface area contributed by atoms with Crippen molar-refractivity contribution in [3.05, 3.63) is 30.4 Å². The standard InChI is InChI=1S/C19H21N5O2S/c1-10-7-25-8-12-9-26-17-16(11(2)27)22-18(23-19(17)24(10)12)14-5-20-6-15-13(14)3-4-21-15/h3-6,10-12,21,27H,7-9H2,1-2H3/t10-,11?,12?/m1/s1. The van der Waals surface area contributed by atoms with Crippen molar-refractivity contribution in [3.63, 3.8) is 0 Å². The molecule has 2 aliphatic rings. The number of nitrogens with zero attached hydrogens (tertiary/aromatic N) is 4. The molecule has 7 nitrogen and oxygen atoms in total. The quantitative estimate of drug-likeness (QED) is 0.663. The topological polar surface area (TPSA) is 76.2 Å². The smallest absolute Gasteiger partial charge is 0.184 e. The minimum atomic E-state index is -0.0771. The summed E-state index contributed by atoms with van der Waals surface area (Å²) in [5.41, 5.74) is 2.67. The van der Waals surface area contributed by atoms with E-state index in [1.165, 1.54) is 0 Å². The first kappa shape index (κ1) is 16.8. The fourth-order valence-corrected chi connectivity index (χ4v) is 4.09. The number of aromatic amines is 1. The van der Waals surface area contributed by atoms with Gasteiger partial charge in [0.05, 0.1) is 37.0 Å². The number of H-pyrrole nitrogens is 1. The van der Waals surface area contributed by atoms with Crippen molar-refractivity contribution < 1.29 is 9.47 Å². The SMILES string of the molecule is CC(S)c1nc(-c2cncc3[nH]ccc23)nc2c1OCC1COC[C@@H](C)N21. The van der Waals surface area contributed by atoms with Crippen LogP contribution in [0.2, 0.25) is 0 Å². The fourth-order valence-electron chi connectivity index (χ4n) is 3.92.